The molecule has 0 radical (unpaired) electrons. The second kappa shape index (κ2) is 11.5. The van der Waals surface area contributed by atoms with Crippen LogP contribution in [-0.4, -0.2) is 43.2 Å². The molecule has 6 aromatic rings. The summed E-state index contributed by atoms with van der Waals surface area (Å²) >= 11 is 0. The summed E-state index contributed by atoms with van der Waals surface area (Å²) in [5, 5.41) is 33.9. The molecule has 0 aliphatic carbocycles. The normalized spacial score (nSPS) is 12.3. The molecule has 8 heteroatoms. The molecule has 226 valence electrons. The number of rotatable bonds is 7. The van der Waals surface area contributed by atoms with Gasteiger partial charge in [-0.2, -0.15) is 0 Å². The van der Waals surface area contributed by atoms with Crippen molar-refractivity contribution in [2.75, 3.05) is 0 Å². The molecule has 6 rings (SSSR count). The topological polar surface area (TPSA) is 136 Å². The van der Waals surface area contributed by atoms with Gasteiger partial charge in [0.2, 0.25) is 0 Å². The van der Waals surface area contributed by atoms with Gasteiger partial charge in [-0.25, -0.2) is 9.78 Å². The minimum absolute atomic E-state index is 0.0288. The number of carboxylic acid groups (broad SMARTS) is 1. The zero-order valence-electron chi connectivity index (χ0n) is 25.1. The fourth-order valence-corrected chi connectivity index (χ4v) is 5.50. The third kappa shape index (κ3) is 6.08. The number of aromatic hydroxyl groups is 2. The molecule has 8 nitrogen and oxygen atoms in total. The summed E-state index contributed by atoms with van der Waals surface area (Å²) in [4.78, 5) is 33.2. The van der Waals surface area contributed by atoms with Gasteiger partial charge in [0.05, 0.1) is 10.9 Å². The Morgan fingerprint density at radius 3 is 2.24 bits per heavy atom. The second-order valence-electron chi connectivity index (χ2n) is 12.3. The minimum atomic E-state index is -1.21. The lowest BCUT2D eigenvalue weighted by Gasteiger charge is -2.19. The Balaban J connectivity index is 1.28. The number of carbonyl (C=O) groups is 2. The average molecular weight is 600 g/mol. The van der Waals surface area contributed by atoms with E-state index >= 15 is 0 Å². The molecular formula is C37H33N3O5. The van der Waals surface area contributed by atoms with Crippen LogP contribution in [0.25, 0.3) is 44.3 Å². The lowest BCUT2D eigenvalue weighted by Crippen LogP contribution is -2.42. The highest BCUT2D eigenvalue weighted by atomic mass is 16.4. The van der Waals surface area contributed by atoms with Gasteiger partial charge < -0.3 is 25.6 Å². The van der Waals surface area contributed by atoms with Gasteiger partial charge in [-0.3, -0.25) is 4.79 Å². The Morgan fingerprint density at radius 2 is 1.56 bits per heavy atom. The fourth-order valence-electron chi connectivity index (χ4n) is 5.50. The maximum atomic E-state index is 13.1. The number of phenolic OH excluding ortho intramolecular Hbond substituents is 2. The fraction of sp³-hybridized carbons (Fsp3) is 0.162. The molecule has 0 spiro atoms. The Morgan fingerprint density at radius 1 is 0.844 bits per heavy atom. The smallest absolute Gasteiger partial charge is 0.326 e. The van der Waals surface area contributed by atoms with Crippen molar-refractivity contribution >= 4 is 33.7 Å². The number of fused-ring (bicyclic) bond motifs is 3. The third-order valence-corrected chi connectivity index (χ3v) is 8.01. The zero-order valence-corrected chi connectivity index (χ0v) is 25.1. The van der Waals surface area contributed by atoms with E-state index in [0.717, 1.165) is 22.2 Å². The molecule has 1 atom stereocenters. The zero-order chi connectivity index (χ0) is 31.9. The maximum absolute atomic E-state index is 13.1. The van der Waals surface area contributed by atoms with E-state index < -0.39 is 17.9 Å². The Bertz CT molecular complexity index is 2060. The molecule has 0 saturated heterocycles. The van der Waals surface area contributed by atoms with E-state index in [9.17, 15) is 24.9 Å². The number of aromatic nitrogens is 2. The van der Waals surface area contributed by atoms with Gasteiger partial charge in [0, 0.05) is 17.5 Å². The van der Waals surface area contributed by atoms with Gasteiger partial charge in [0.25, 0.3) is 5.91 Å². The van der Waals surface area contributed by atoms with E-state index in [4.69, 9.17) is 4.98 Å². The molecule has 5 aromatic carbocycles. The van der Waals surface area contributed by atoms with Crippen LogP contribution < -0.4 is 5.32 Å². The number of amides is 1. The number of hydrogen-bond donors (Lipinski definition) is 5. The van der Waals surface area contributed by atoms with Crippen molar-refractivity contribution in [3.8, 4) is 34.0 Å². The number of nitrogens with one attached hydrogen (secondary N) is 2. The van der Waals surface area contributed by atoms with Gasteiger partial charge in [-0.1, -0.05) is 81.4 Å². The van der Waals surface area contributed by atoms with E-state index in [0.29, 0.717) is 27.7 Å². The Hall–Kier alpha value is -5.63. The van der Waals surface area contributed by atoms with E-state index in [-0.39, 0.29) is 28.9 Å². The molecule has 0 fully saturated rings. The van der Waals surface area contributed by atoms with Crippen LogP contribution in [0.4, 0.5) is 0 Å². The number of carbonyl (C=O) groups excluding carboxylic acids is 1. The maximum Gasteiger partial charge on any atom is 0.326 e. The molecule has 45 heavy (non-hydrogen) atoms. The van der Waals surface area contributed by atoms with Crippen LogP contribution in [0.3, 0.4) is 0 Å². The molecule has 0 aliphatic heterocycles. The number of aliphatic carboxylic acids is 1. The predicted molar refractivity (Wildman–Crippen MR) is 176 cm³/mol. The molecule has 0 saturated carbocycles. The highest BCUT2D eigenvalue weighted by Crippen LogP contribution is 2.35. The summed E-state index contributed by atoms with van der Waals surface area (Å²) in [7, 11) is 0. The second-order valence-corrected chi connectivity index (χ2v) is 12.3. The van der Waals surface area contributed by atoms with Crippen molar-refractivity contribution in [2.45, 2.75) is 38.6 Å². The number of aromatic amines is 1. The largest absolute Gasteiger partial charge is 0.508 e. The number of phenols is 2. The van der Waals surface area contributed by atoms with Gasteiger partial charge in [-0.05, 0) is 69.5 Å². The van der Waals surface area contributed by atoms with E-state index in [1.807, 2.05) is 18.2 Å². The number of carboxylic acids is 1. The summed E-state index contributed by atoms with van der Waals surface area (Å²) in [6.45, 7) is 6.58. The van der Waals surface area contributed by atoms with Crippen LogP contribution in [0, 0.1) is 0 Å². The first-order chi connectivity index (χ1) is 21.5. The van der Waals surface area contributed by atoms with Gasteiger partial charge in [0.15, 0.2) is 0 Å². The summed E-state index contributed by atoms with van der Waals surface area (Å²) in [5.41, 5.74) is 6.43. The van der Waals surface area contributed by atoms with Crippen LogP contribution in [0.5, 0.6) is 11.5 Å². The SMILES string of the molecule is CC(C)(C)c1ccc(-c2cccc(-c3nc4c(ccc5cc(C(=O)N[C@@H](Cc6ccc(O)cc6)C(=O)O)cc(O)c54)[nH]3)c2)cc1. The Kier molecular flexibility index (Phi) is 7.50. The Labute approximate surface area is 260 Å². The summed E-state index contributed by atoms with van der Waals surface area (Å²) in [6.07, 6.45) is 0.0288. The van der Waals surface area contributed by atoms with E-state index in [1.165, 1.54) is 23.8 Å². The summed E-state index contributed by atoms with van der Waals surface area (Å²) in [5.74, 6) is -1.26. The van der Waals surface area contributed by atoms with E-state index in [1.54, 1.807) is 24.3 Å². The molecule has 0 bridgehead atoms. The van der Waals surface area contributed by atoms with Crippen LogP contribution >= 0.6 is 0 Å². The van der Waals surface area contributed by atoms with Crippen molar-refractivity contribution < 1.29 is 24.9 Å². The van der Waals surface area contributed by atoms with Crippen molar-refractivity contribution in [3.05, 3.63) is 114 Å². The number of imidazole rings is 1. The van der Waals surface area contributed by atoms with Crippen molar-refractivity contribution in [1.82, 2.24) is 15.3 Å². The monoisotopic (exact) mass is 599 g/mol. The predicted octanol–water partition coefficient (Wildman–Crippen LogP) is 7.18. The number of H-pyrrole nitrogens is 1. The lowest BCUT2D eigenvalue weighted by atomic mass is 9.86. The first kappa shape index (κ1) is 29.4. The van der Waals surface area contributed by atoms with Gasteiger partial charge in [-0.15, -0.1) is 0 Å². The van der Waals surface area contributed by atoms with Crippen LogP contribution in [0.15, 0.2) is 97.1 Å². The first-order valence-corrected chi connectivity index (χ1v) is 14.6. The van der Waals surface area contributed by atoms with Gasteiger partial charge in [0.1, 0.15) is 28.9 Å². The van der Waals surface area contributed by atoms with Crippen LogP contribution in [-0.2, 0) is 16.6 Å². The number of nitrogens with zero attached hydrogens (tertiary/aromatic N) is 1. The van der Waals surface area contributed by atoms with Crippen molar-refractivity contribution in [2.24, 2.45) is 0 Å². The lowest BCUT2D eigenvalue weighted by molar-refractivity contribution is -0.139. The standard InChI is InChI=1S/C37H33N3O5/c1-37(2,3)27-12-9-22(10-13-27)23-5-4-6-25(18-23)34-38-29-16-11-24-19-26(20-31(42)32(24)33(29)40-34)35(43)39-30(36(44)45)17-21-7-14-28(41)15-8-21/h4-16,18-20,30,41-42H,17H2,1-3H3,(H,38,40)(H,39,43)(H,44,45)/t30-/m0/s1. The molecule has 1 amide bonds. The third-order valence-electron chi connectivity index (χ3n) is 8.01. The van der Waals surface area contributed by atoms with Crippen LogP contribution in [0.1, 0.15) is 42.3 Å². The molecule has 0 unspecified atom stereocenters. The quantitative estimate of drug-likeness (QED) is 0.132. The minimum Gasteiger partial charge on any atom is -0.508 e. The highest BCUT2D eigenvalue weighted by Gasteiger charge is 2.23. The van der Waals surface area contributed by atoms with E-state index in [2.05, 4.69) is 67.5 Å². The van der Waals surface area contributed by atoms with Crippen molar-refractivity contribution in [1.29, 1.82) is 0 Å². The molecule has 5 N–H and O–H groups in total. The summed E-state index contributed by atoms with van der Waals surface area (Å²) in [6, 6.07) is 28.2. The molecule has 1 aromatic heterocycles. The number of hydrogen-bond acceptors (Lipinski definition) is 5. The molecule has 1 heterocycles. The summed E-state index contributed by atoms with van der Waals surface area (Å²) < 4.78 is 0. The van der Waals surface area contributed by atoms with Crippen molar-refractivity contribution in [3.63, 3.8) is 0 Å². The molecular weight excluding hydrogens is 566 g/mol. The molecule has 0 aliphatic rings. The van der Waals surface area contributed by atoms with Crippen LogP contribution in [0.2, 0.25) is 0 Å². The van der Waals surface area contributed by atoms with Gasteiger partial charge >= 0.3 is 5.97 Å². The average Bonchev–Trinajstić information content (AvgIpc) is 3.46. The first-order valence-electron chi connectivity index (χ1n) is 14.6. The highest BCUT2D eigenvalue weighted by molar-refractivity contribution is 6.11. The number of benzene rings is 5.